The van der Waals surface area contributed by atoms with Gasteiger partial charge in [-0.15, -0.1) is 0 Å². The smallest absolute Gasteiger partial charge is 0.748 e. The molecule has 0 aliphatic heterocycles. The van der Waals surface area contributed by atoms with E-state index in [1.165, 1.54) is 0 Å². The summed E-state index contributed by atoms with van der Waals surface area (Å²) in [6, 6.07) is 3.56. The molecule has 0 radical (unpaired) electrons. The molecule has 1 aromatic carbocycles. The van der Waals surface area contributed by atoms with Gasteiger partial charge in [0.1, 0.15) is 11.5 Å². The van der Waals surface area contributed by atoms with Crippen LogP contribution >= 0.6 is 45.2 Å². The van der Waals surface area contributed by atoms with Crippen molar-refractivity contribution in [3.63, 3.8) is 0 Å². The molecule has 14 heteroatoms. The molecule has 0 heterocycles. The van der Waals surface area contributed by atoms with Crippen molar-refractivity contribution in [1.29, 1.82) is 0 Å². The van der Waals surface area contributed by atoms with E-state index < -0.39 is 31.7 Å². The molecule has 0 amide bonds. The van der Waals surface area contributed by atoms with Gasteiger partial charge in [0.15, 0.2) is 0 Å². The summed E-state index contributed by atoms with van der Waals surface area (Å²) in [6.07, 6.45) is 1.41. The van der Waals surface area contributed by atoms with Crippen molar-refractivity contribution in [1.82, 2.24) is 0 Å². The summed E-state index contributed by atoms with van der Waals surface area (Å²) in [4.78, 5) is 0. The fraction of sp³-hybridized carbons (Fsp3) is 0.571. The van der Waals surface area contributed by atoms with E-state index in [1.54, 1.807) is 12.1 Å². The third kappa shape index (κ3) is 15.1. The SMILES string of the molecule is O=S(=O)([O-])CCCCOc1cc(I)c(OCCCCS(=O)(=O)[O-])cc1I.[Li+].[Li+]. The van der Waals surface area contributed by atoms with E-state index in [0.29, 0.717) is 37.6 Å². The van der Waals surface area contributed by atoms with Gasteiger partial charge >= 0.3 is 37.7 Å². The molecule has 0 unspecified atom stereocenters. The van der Waals surface area contributed by atoms with Gasteiger partial charge in [-0.3, -0.25) is 0 Å². The molecule has 8 nitrogen and oxygen atoms in total. The second-order valence-corrected chi connectivity index (χ2v) is 10.7. The number of unbranched alkanes of at least 4 members (excludes halogenated alkanes) is 2. The summed E-state index contributed by atoms with van der Waals surface area (Å²) < 4.78 is 75.9. The van der Waals surface area contributed by atoms with Crippen LogP contribution in [0, 0.1) is 7.14 Å². The molecule has 28 heavy (non-hydrogen) atoms. The Kier molecular flexibility index (Phi) is 17.0. The molecule has 0 aliphatic carbocycles. The number of halogens is 2. The number of benzene rings is 1. The fourth-order valence-corrected chi connectivity index (χ4v) is 4.16. The van der Waals surface area contributed by atoms with Crippen LogP contribution < -0.4 is 47.2 Å². The van der Waals surface area contributed by atoms with Gasteiger partial charge in [-0.2, -0.15) is 0 Å². The molecule has 0 aliphatic rings. The summed E-state index contributed by atoms with van der Waals surface area (Å²) >= 11 is 4.16. The van der Waals surface area contributed by atoms with Gasteiger partial charge in [0.25, 0.3) is 0 Å². The first-order chi connectivity index (χ1) is 12.0. The van der Waals surface area contributed by atoms with Gasteiger partial charge < -0.3 is 18.6 Å². The topological polar surface area (TPSA) is 133 Å². The first-order valence-electron chi connectivity index (χ1n) is 7.60. The van der Waals surface area contributed by atoms with Crippen LogP contribution in [0.4, 0.5) is 0 Å². The third-order valence-corrected chi connectivity index (χ3v) is 6.34. The molecule has 0 saturated carbocycles. The Hall–Kier alpha value is 1.29. The van der Waals surface area contributed by atoms with Gasteiger partial charge in [-0.25, -0.2) is 16.8 Å². The van der Waals surface area contributed by atoms with Gasteiger partial charge in [-0.1, -0.05) is 0 Å². The standard InChI is InChI=1S/C14H20I2O8S2.2Li/c15-11-10-14(24-6-2-4-8-26(20,21)22)12(16)9-13(11)23-5-1-3-7-25(17,18)19;;/h9-10H,1-8H2,(H,17,18,19)(H,20,21,22);;/q;2*+1/p-2. The Morgan fingerprint density at radius 3 is 1.32 bits per heavy atom. The molecule has 0 atom stereocenters. The maximum absolute atomic E-state index is 10.5. The number of hydrogen-bond acceptors (Lipinski definition) is 8. The van der Waals surface area contributed by atoms with Gasteiger partial charge in [-0.05, 0) is 83.0 Å². The van der Waals surface area contributed by atoms with E-state index in [2.05, 4.69) is 45.2 Å². The minimum Gasteiger partial charge on any atom is -0.748 e. The molecule has 0 spiro atoms. The Morgan fingerprint density at radius 2 is 1.04 bits per heavy atom. The van der Waals surface area contributed by atoms with E-state index >= 15 is 0 Å². The molecule has 0 N–H and O–H groups in total. The second-order valence-electron chi connectivity index (χ2n) is 5.35. The summed E-state index contributed by atoms with van der Waals surface area (Å²) in [6.45, 7) is 0.594. The monoisotopic (exact) mass is 646 g/mol. The van der Waals surface area contributed by atoms with Gasteiger partial charge in [0, 0.05) is 11.5 Å². The molecular formula is C14H18I2Li2O8S2. The summed E-state index contributed by atoms with van der Waals surface area (Å²) in [5.74, 6) is 0.464. The summed E-state index contributed by atoms with van der Waals surface area (Å²) in [5, 5.41) is 0. The Bertz CT molecular complexity index is 736. The largest absolute Gasteiger partial charge is 1.00 e. The Labute approximate surface area is 217 Å². The van der Waals surface area contributed by atoms with E-state index in [-0.39, 0.29) is 50.6 Å². The number of hydrogen-bond donors (Lipinski definition) is 0. The molecule has 0 fully saturated rings. The van der Waals surface area contributed by atoms with Crippen LogP contribution in [-0.2, 0) is 20.2 Å². The summed E-state index contributed by atoms with van der Waals surface area (Å²) in [7, 11) is -8.37. The summed E-state index contributed by atoms with van der Waals surface area (Å²) in [5.41, 5.74) is 0. The van der Waals surface area contributed by atoms with Crippen molar-refractivity contribution in [3.8, 4) is 11.5 Å². The van der Waals surface area contributed by atoms with Crippen LogP contribution in [0.3, 0.4) is 0 Å². The average Bonchev–Trinajstić information content (AvgIpc) is 2.48. The van der Waals surface area contributed by atoms with E-state index in [9.17, 15) is 25.9 Å². The minimum atomic E-state index is -4.19. The number of rotatable bonds is 12. The Morgan fingerprint density at radius 1 is 0.714 bits per heavy atom. The van der Waals surface area contributed by atoms with Crippen LogP contribution in [0.15, 0.2) is 12.1 Å². The predicted molar refractivity (Wildman–Crippen MR) is 110 cm³/mol. The zero-order valence-corrected chi connectivity index (χ0v) is 21.6. The van der Waals surface area contributed by atoms with Crippen molar-refractivity contribution >= 4 is 65.4 Å². The first kappa shape index (κ1) is 31.5. The minimum absolute atomic E-state index is 0. The van der Waals surface area contributed by atoms with Crippen LogP contribution in [0.25, 0.3) is 0 Å². The molecule has 1 aromatic rings. The van der Waals surface area contributed by atoms with Gasteiger partial charge in [0.05, 0.1) is 40.6 Å². The van der Waals surface area contributed by atoms with Gasteiger partial charge in [0.2, 0.25) is 0 Å². The normalized spacial score (nSPS) is 11.3. The van der Waals surface area contributed by atoms with Crippen LogP contribution in [-0.4, -0.2) is 50.7 Å². The quantitative estimate of drug-likeness (QED) is 0.0983. The molecular weight excluding hydrogens is 628 g/mol. The third-order valence-electron chi connectivity index (χ3n) is 3.08. The van der Waals surface area contributed by atoms with Crippen LogP contribution in [0.5, 0.6) is 11.5 Å². The number of ether oxygens (including phenoxy) is 2. The first-order valence-corrected chi connectivity index (χ1v) is 12.9. The van der Waals surface area contributed by atoms with Crippen molar-refractivity contribution in [2.45, 2.75) is 25.7 Å². The second kappa shape index (κ2) is 15.2. The van der Waals surface area contributed by atoms with E-state index in [1.807, 2.05) is 0 Å². The zero-order chi connectivity index (χ0) is 19.8. The fourth-order valence-electron chi connectivity index (χ4n) is 1.86. The Balaban J connectivity index is 0. The average molecular weight is 646 g/mol. The predicted octanol–water partition coefficient (Wildman–Crippen LogP) is -3.69. The molecule has 1 rings (SSSR count). The van der Waals surface area contributed by atoms with Crippen molar-refractivity contribution in [2.24, 2.45) is 0 Å². The molecule has 0 aromatic heterocycles. The van der Waals surface area contributed by atoms with Crippen LogP contribution in [0.2, 0.25) is 0 Å². The van der Waals surface area contributed by atoms with E-state index in [4.69, 9.17) is 9.47 Å². The van der Waals surface area contributed by atoms with E-state index in [0.717, 1.165) is 7.14 Å². The maximum Gasteiger partial charge on any atom is 1.00 e. The zero-order valence-electron chi connectivity index (χ0n) is 15.6. The van der Waals surface area contributed by atoms with Crippen molar-refractivity contribution < 1.29 is 73.1 Å². The molecule has 150 valence electrons. The molecule has 0 bridgehead atoms. The van der Waals surface area contributed by atoms with Crippen molar-refractivity contribution in [3.05, 3.63) is 19.3 Å². The van der Waals surface area contributed by atoms with Crippen LogP contribution in [0.1, 0.15) is 25.7 Å². The van der Waals surface area contributed by atoms with Crippen molar-refractivity contribution in [2.75, 3.05) is 24.7 Å². The molecule has 0 saturated heterocycles. The maximum atomic E-state index is 10.5.